The number of amides is 1. The van der Waals surface area contributed by atoms with E-state index < -0.39 is 17.8 Å². The molecule has 0 aromatic heterocycles. The largest absolute Gasteiger partial charge is 0.465 e. The van der Waals surface area contributed by atoms with Crippen molar-refractivity contribution in [1.29, 1.82) is 0 Å². The second-order valence-corrected chi connectivity index (χ2v) is 4.53. The van der Waals surface area contributed by atoms with Crippen molar-refractivity contribution in [3.63, 3.8) is 0 Å². The molecule has 7 nitrogen and oxygen atoms in total. The van der Waals surface area contributed by atoms with Crippen molar-refractivity contribution in [3.8, 4) is 0 Å². The minimum atomic E-state index is -0.648. The molecule has 0 radical (unpaired) electrons. The van der Waals surface area contributed by atoms with Crippen molar-refractivity contribution >= 4 is 29.3 Å². The van der Waals surface area contributed by atoms with Crippen LogP contribution in [0.25, 0.3) is 0 Å². The molecule has 0 spiro atoms. The lowest BCUT2D eigenvalue weighted by molar-refractivity contribution is -0.121. The summed E-state index contributed by atoms with van der Waals surface area (Å²) < 4.78 is 9.19. The van der Waals surface area contributed by atoms with Crippen molar-refractivity contribution in [1.82, 2.24) is 0 Å². The third-order valence-electron chi connectivity index (χ3n) is 2.76. The lowest BCUT2D eigenvalue weighted by Crippen LogP contribution is -2.14. The van der Waals surface area contributed by atoms with Crippen molar-refractivity contribution in [2.45, 2.75) is 19.8 Å². The maximum absolute atomic E-state index is 11.7. The van der Waals surface area contributed by atoms with Crippen LogP contribution in [-0.2, 0) is 19.1 Å². The van der Waals surface area contributed by atoms with E-state index in [-0.39, 0.29) is 35.4 Å². The van der Waals surface area contributed by atoms with Gasteiger partial charge in [0.15, 0.2) is 0 Å². The van der Waals surface area contributed by atoms with E-state index in [1.807, 2.05) is 0 Å². The number of esters is 2. The number of carbonyl (C=O) groups excluding carboxylic acids is 4. The highest BCUT2D eigenvalue weighted by molar-refractivity contribution is 5.99. The van der Waals surface area contributed by atoms with Gasteiger partial charge >= 0.3 is 11.9 Å². The predicted octanol–water partition coefficient (Wildman–Crippen LogP) is 1.57. The van der Waals surface area contributed by atoms with Gasteiger partial charge in [-0.15, -0.1) is 0 Å². The monoisotopic (exact) mass is 307 g/mol. The third-order valence-corrected chi connectivity index (χ3v) is 2.76. The number of ether oxygens (including phenoxy) is 2. The van der Waals surface area contributed by atoms with Gasteiger partial charge < -0.3 is 19.6 Å². The molecule has 0 unspecified atom stereocenters. The minimum Gasteiger partial charge on any atom is -0.465 e. The topological polar surface area (TPSA) is 98.8 Å². The number of hydrogen-bond donors (Lipinski definition) is 1. The number of hydrogen-bond acceptors (Lipinski definition) is 6. The molecule has 0 fully saturated rings. The van der Waals surface area contributed by atoms with E-state index in [9.17, 15) is 19.2 Å². The highest BCUT2D eigenvalue weighted by Crippen LogP contribution is 2.17. The Morgan fingerprint density at radius 2 is 1.41 bits per heavy atom. The van der Waals surface area contributed by atoms with Crippen LogP contribution < -0.4 is 5.32 Å². The van der Waals surface area contributed by atoms with E-state index in [2.05, 4.69) is 14.8 Å². The first kappa shape index (κ1) is 17.4. The van der Waals surface area contributed by atoms with Crippen LogP contribution in [0.1, 0.15) is 40.5 Å². The summed E-state index contributed by atoms with van der Waals surface area (Å²) in [4.78, 5) is 45.8. The number of ketones is 1. The van der Waals surface area contributed by atoms with Crippen LogP contribution in [0.2, 0.25) is 0 Å². The second kappa shape index (κ2) is 7.92. The maximum atomic E-state index is 11.7. The standard InChI is InChI=1S/C15H17NO6/c1-9(17)4-5-13(18)16-12-7-10(14(19)21-2)6-11(8-12)15(20)22-3/h6-8H,4-5H2,1-3H3,(H,16,18). The van der Waals surface area contributed by atoms with Gasteiger partial charge in [0.25, 0.3) is 0 Å². The summed E-state index contributed by atoms with van der Waals surface area (Å²) in [5.41, 5.74) is 0.455. The van der Waals surface area contributed by atoms with Crippen LogP contribution in [0, 0.1) is 0 Å². The Morgan fingerprint density at radius 1 is 0.909 bits per heavy atom. The second-order valence-electron chi connectivity index (χ2n) is 4.53. The van der Waals surface area contributed by atoms with Gasteiger partial charge in [-0.25, -0.2) is 9.59 Å². The van der Waals surface area contributed by atoms with E-state index in [1.54, 1.807) is 0 Å². The quantitative estimate of drug-likeness (QED) is 0.801. The van der Waals surface area contributed by atoms with Gasteiger partial charge in [-0.3, -0.25) is 4.79 Å². The van der Waals surface area contributed by atoms with Crippen LogP contribution in [0.4, 0.5) is 5.69 Å². The van der Waals surface area contributed by atoms with Crippen molar-refractivity contribution in [2.24, 2.45) is 0 Å². The summed E-state index contributed by atoms with van der Waals surface area (Å²) in [6, 6.07) is 4.07. The molecule has 0 heterocycles. The Hall–Kier alpha value is -2.70. The molecule has 0 atom stereocenters. The average Bonchev–Trinajstić information content (AvgIpc) is 2.50. The molecule has 1 N–H and O–H groups in total. The average molecular weight is 307 g/mol. The highest BCUT2D eigenvalue weighted by Gasteiger charge is 2.15. The normalized spacial score (nSPS) is 9.77. The first-order chi connectivity index (χ1) is 10.4. The lowest BCUT2D eigenvalue weighted by Gasteiger charge is -2.09. The molecule has 0 saturated heterocycles. The predicted molar refractivity (Wildman–Crippen MR) is 77.7 cm³/mol. The molecular formula is C15H17NO6. The zero-order chi connectivity index (χ0) is 16.7. The number of methoxy groups -OCH3 is 2. The molecular weight excluding hydrogens is 290 g/mol. The maximum Gasteiger partial charge on any atom is 0.337 e. The van der Waals surface area contributed by atoms with E-state index in [4.69, 9.17) is 0 Å². The summed E-state index contributed by atoms with van der Waals surface area (Å²) in [5, 5.41) is 2.53. The fourth-order valence-corrected chi connectivity index (χ4v) is 1.68. The van der Waals surface area contributed by atoms with Crippen LogP contribution >= 0.6 is 0 Å². The van der Waals surface area contributed by atoms with Gasteiger partial charge in [0.1, 0.15) is 5.78 Å². The Bertz CT molecular complexity index is 574. The first-order valence-corrected chi connectivity index (χ1v) is 6.48. The summed E-state index contributed by atoms with van der Waals surface area (Å²) in [6.07, 6.45) is 0.137. The number of carbonyl (C=O) groups is 4. The molecule has 1 rings (SSSR count). The number of Topliss-reactive ketones (excluding diaryl/α,β-unsaturated/α-hetero) is 1. The number of rotatable bonds is 6. The van der Waals surface area contributed by atoms with Crippen LogP contribution in [0.3, 0.4) is 0 Å². The molecule has 0 aliphatic heterocycles. The summed E-state index contributed by atoms with van der Waals surface area (Å²) >= 11 is 0. The summed E-state index contributed by atoms with van der Waals surface area (Å²) in [6.45, 7) is 1.39. The number of anilines is 1. The Balaban J connectivity index is 3.02. The van der Waals surface area contributed by atoms with Crippen molar-refractivity contribution < 1.29 is 28.7 Å². The Morgan fingerprint density at radius 3 is 1.82 bits per heavy atom. The molecule has 22 heavy (non-hydrogen) atoms. The van der Waals surface area contributed by atoms with Crippen molar-refractivity contribution in [2.75, 3.05) is 19.5 Å². The smallest absolute Gasteiger partial charge is 0.337 e. The molecule has 0 saturated carbocycles. The van der Waals surface area contributed by atoms with Gasteiger partial charge in [-0.2, -0.15) is 0 Å². The number of nitrogens with one attached hydrogen (secondary N) is 1. The highest BCUT2D eigenvalue weighted by atomic mass is 16.5. The van der Waals surface area contributed by atoms with E-state index >= 15 is 0 Å². The van der Waals surface area contributed by atoms with E-state index in [0.717, 1.165) is 0 Å². The summed E-state index contributed by atoms with van der Waals surface area (Å²) in [5.74, 6) is -1.79. The zero-order valence-electron chi connectivity index (χ0n) is 12.6. The molecule has 7 heteroatoms. The Labute approximate surface area is 127 Å². The fourth-order valence-electron chi connectivity index (χ4n) is 1.68. The van der Waals surface area contributed by atoms with Crippen LogP contribution in [0.5, 0.6) is 0 Å². The fraction of sp³-hybridized carbons (Fsp3) is 0.333. The molecule has 0 bridgehead atoms. The number of benzene rings is 1. The molecule has 118 valence electrons. The minimum absolute atomic E-state index is 0.0192. The van der Waals surface area contributed by atoms with E-state index in [1.165, 1.54) is 39.3 Å². The molecule has 0 aliphatic carbocycles. The molecule has 1 amide bonds. The van der Waals surface area contributed by atoms with Gasteiger partial charge in [0, 0.05) is 18.5 Å². The SMILES string of the molecule is COC(=O)c1cc(NC(=O)CCC(C)=O)cc(C(=O)OC)c1. The van der Waals surface area contributed by atoms with Gasteiger partial charge in [-0.1, -0.05) is 0 Å². The molecule has 1 aromatic carbocycles. The van der Waals surface area contributed by atoms with Gasteiger partial charge in [0.2, 0.25) is 5.91 Å². The van der Waals surface area contributed by atoms with Crippen LogP contribution in [-0.4, -0.2) is 37.8 Å². The van der Waals surface area contributed by atoms with Gasteiger partial charge in [0.05, 0.1) is 25.3 Å². The van der Waals surface area contributed by atoms with Crippen LogP contribution in [0.15, 0.2) is 18.2 Å². The lowest BCUT2D eigenvalue weighted by atomic mass is 10.1. The van der Waals surface area contributed by atoms with Crippen molar-refractivity contribution in [3.05, 3.63) is 29.3 Å². The summed E-state index contributed by atoms with van der Waals surface area (Å²) in [7, 11) is 2.41. The molecule has 1 aromatic rings. The van der Waals surface area contributed by atoms with Gasteiger partial charge in [-0.05, 0) is 25.1 Å². The van der Waals surface area contributed by atoms with E-state index in [0.29, 0.717) is 0 Å². The Kier molecular flexibility index (Phi) is 6.25. The third kappa shape index (κ3) is 5.01. The molecule has 0 aliphatic rings. The first-order valence-electron chi connectivity index (χ1n) is 6.48. The zero-order valence-corrected chi connectivity index (χ0v) is 12.6.